The van der Waals surface area contributed by atoms with E-state index in [0.29, 0.717) is 0 Å². The molecule has 1 saturated heterocycles. The van der Waals surface area contributed by atoms with Crippen molar-refractivity contribution in [1.82, 2.24) is 10.2 Å². The van der Waals surface area contributed by atoms with Crippen LogP contribution in [0.25, 0.3) is 0 Å². The third kappa shape index (κ3) is 3.10. The molecule has 1 heterocycles. The van der Waals surface area contributed by atoms with Crippen molar-refractivity contribution >= 4 is 11.8 Å². The van der Waals surface area contributed by atoms with Gasteiger partial charge in [-0.25, -0.2) is 0 Å². The van der Waals surface area contributed by atoms with Crippen molar-refractivity contribution in [2.75, 3.05) is 0 Å². The zero-order valence-corrected chi connectivity index (χ0v) is 13.3. The highest BCUT2D eigenvalue weighted by molar-refractivity contribution is 5.97. The lowest BCUT2D eigenvalue weighted by atomic mass is 9.82. The van der Waals surface area contributed by atoms with Crippen LogP contribution >= 0.6 is 0 Å². The lowest BCUT2D eigenvalue weighted by Gasteiger charge is -2.46. The molecule has 1 fully saturated rings. The van der Waals surface area contributed by atoms with Crippen molar-refractivity contribution in [3.63, 3.8) is 0 Å². The third-order valence-electron chi connectivity index (χ3n) is 3.96. The second-order valence-electron chi connectivity index (χ2n) is 6.98. The fourth-order valence-corrected chi connectivity index (χ4v) is 2.62. The number of hydrogen-bond donors (Lipinski definition) is 1. The summed E-state index contributed by atoms with van der Waals surface area (Å²) in [6, 6.07) is -0.721. The van der Waals surface area contributed by atoms with Crippen molar-refractivity contribution in [1.29, 1.82) is 0 Å². The molecule has 4 heteroatoms. The Labute approximate surface area is 116 Å². The molecule has 1 aliphatic rings. The van der Waals surface area contributed by atoms with Gasteiger partial charge in [-0.3, -0.25) is 9.59 Å². The zero-order chi connectivity index (χ0) is 15.0. The third-order valence-corrected chi connectivity index (χ3v) is 3.96. The Morgan fingerprint density at radius 1 is 1.21 bits per heavy atom. The highest BCUT2D eigenvalue weighted by Crippen LogP contribution is 2.29. The van der Waals surface area contributed by atoms with E-state index in [-0.39, 0.29) is 35.2 Å². The lowest BCUT2D eigenvalue weighted by Crippen LogP contribution is -2.69. The average molecular weight is 268 g/mol. The molecule has 2 amide bonds. The molecule has 0 aromatic rings. The molecule has 0 aromatic heterocycles. The molecule has 0 aliphatic carbocycles. The summed E-state index contributed by atoms with van der Waals surface area (Å²) in [7, 11) is 0. The minimum absolute atomic E-state index is 0.0115. The number of piperazine rings is 1. The molecule has 1 N–H and O–H groups in total. The van der Waals surface area contributed by atoms with Crippen molar-refractivity contribution in [3.8, 4) is 0 Å². The Morgan fingerprint density at radius 2 is 1.74 bits per heavy atom. The standard InChI is InChI=1S/C15H28N2O2/c1-8-10(4)11-13(18)16-12(15(5,6)7)14(19)17(11)9(2)3/h9-12H,8H2,1-7H3,(H,16,18). The molecular weight excluding hydrogens is 240 g/mol. The molecule has 1 aliphatic heterocycles. The first kappa shape index (κ1) is 16.0. The van der Waals surface area contributed by atoms with Crippen molar-refractivity contribution in [2.45, 2.75) is 73.0 Å². The molecule has 0 bridgehead atoms. The van der Waals surface area contributed by atoms with E-state index >= 15 is 0 Å². The molecular formula is C15H28N2O2. The van der Waals surface area contributed by atoms with E-state index in [4.69, 9.17) is 0 Å². The maximum Gasteiger partial charge on any atom is 0.246 e. The molecule has 3 atom stereocenters. The predicted octanol–water partition coefficient (Wildman–Crippen LogP) is 2.18. The van der Waals surface area contributed by atoms with Crippen LogP contribution in [0.3, 0.4) is 0 Å². The number of amides is 2. The smallest absolute Gasteiger partial charge is 0.246 e. The van der Waals surface area contributed by atoms with Gasteiger partial charge in [0.15, 0.2) is 0 Å². The second kappa shape index (κ2) is 5.51. The summed E-state index contributed by atoms with van der Waals surface area (Å²) in [6.07, 6.45) is 0.884. The maximum absolute atomic E-state index is 12.7. The van der Waals surface area contributed by atoms with Gasteiger partial charge in [-0.1, -0.05) is 41.0 Å². The van der Waals surface area contributed by atoms with E-state index < -0.39 is 6.04 Å². The topological polar surface area (TPSA) is 49.4 Å². The number of carbonyl (C=O) groups is 2. The van der Waals surface area contributed by atoms with Gasteiger partial charge in [0.05, 0.1) is 0 Å². The number of nitrogens with one attached hydrogen (secondary N) is 1. The summed E-state index contributed by atoms with van der Waals surface area (Å²) in [5.74, 6) is 0.210. The van der Waals surface area contributed by atoms with E-state index in [1.807, 2.05) is 41.5 Å². The molecule has 4 nitrogen and oxygen atoms in total. The Balaban J connectivity index is 3.14. The van der Waals surface area contributed by atoms with Gasteiger partial charge in [0.25, 0.3) is 0 Å². The Morgan fingerprint density at radius 3 is 2.11 bits per heavy atom. The quantitative estimate of drug-likeness (QED) is 0.853. The first-order valence-electron chi connectivity index (χ1n) is 7.23. The van der Waals surface area contributed by atoms with Crippen LogP contribution in [-0.4, -0.2) is 34.8 Å². The molecule has 0 aromatic carbocycles. The molecule has 0 spiro atoms. The maximum atomic E-state index is 12.7. The van der Waals surface area contributed by atoms with Gasteiger partial charge in [-0.2, -0.15) is 0 Å². The number of nitrogens with zero attached hydrogens (tertiary/aromatic N) is 1. The van der Waals surface area contributed by atoms with Crippen LogP contribution in [0.1, 0.15) is 54.9 Å². The number of carbonyl (C=O) groups excluding carboxylic acids is 2. The summed E-state index contributed by atoms with van der Waals surface area (Å²) in [4.78, 5) is 26.9. The van der Waals surface area contributed by atoms with Gasteiger partial charge >= 0.3 is 0 Å². The van der Waals surface area contributed by atoms with E-state index in [1.54, 1.807) is 4.90 Å². The van der Waals surface area contributed by atoms with Gasteiger partial charge in [-0.05, 0) is 25.2 Å². The van der Waals surface area contributed by atoms with Crippen molar-refractivity contribution in [3.05, 3.63) is 0 Å². The number of rotatable bonds is 3. The van der Waals surface area contributed by atoms with E-state index in [2.05, 4.69) is 12.2 Å². The fraction of sp³-hybridized carbons (Fsp3) is 0.867. The van der Waals surface area contributed by atoms with Crippen LogP contribution in [0.4, 0.5) is 0 Å². The number of hydrogen-bond acceptors (Lipinski definition) is 2. The Hall–Kier alpha value is -1.06. The van der Waals surface area contributed by atoms with E-state index in [9.17, 15) is 9.59 Å². The van der Waals surface area contributed by atoms with Crippen LogP contribution in [0.15, 0.2) is 0 Å². The summed E-state index contributed by atoms with van der Waals surface area (Å²) in [5.41, 5.74) is -0.264. The summed E-state index contributed by atoms with van der Waals surface area (Å²) >= 11 is 0. The molecule has 3 unspecified atom stereocenters. The first-order chi connectivity index (χ1) is 8.61. The summed E-state index contributed by atoms with van der Waals surface area (Å²) < 4.78 is 0. The average Bonchev–Trinajstić information content (AvgIpc) is 2.28. The molecule has 0 radical (unpaired) electrons. The lowest BCUT2D eigenvalue weighted by molar-refractivity contribution is -0.156. The highest BCUT2D eigenvalue weighted by atomic mass is 16.2. The Kier molecular flexibility index (Phi) is 4.64. The Bertz CT molecular complexity index is 358. The van der Waals surface area contributed by atoms with Gasteiger partial charge in [-0.15, -0.1) is 0 Å². The van der Waals surface area contributed by atoms with Crippen molar-refractivity contribution in [2.24, 2.45) is 11.3 Å². The van der Waals surface area contributed by atoms with E-state index in [1.165, 1.54) is 0 Å². The van der Waals surface area contributed by atoms with Crippen LogP contribution in [0.2, 0.25) is 0 Å². The van der Waals surface area contributed by atoms with Crippen molar-refractivity contribution < 1.29 is 9.59 Å². The molecule has 19 heavy (non-hydrogen) atoms. The van der Waals surface area contributed by atoms with Crippen LogP contribution in [0, 0.1) is 11.3 Å². The SMILES string of the molecule is CCC(C)C1C(=O)NC(C(C)(C)C)C(=O)N1C(C)C. The largest absolute Gasteiger partial charge is 0.342 e. The van der Waals surface area contributed by atoms with E-state index in [0.717, 1.165) is 6.42 Å². The van der Waals surface area contributed by atoms with Crippen LogP contribution in [-0.2, 0) is 9.59 Å². The second-order valence-corrected chi connectivity index (χ2v) is 6.98. The fourth-order valence-electron chi connectivity index (χ4n) is 2.62. The summed E-state index contributed by atoms with van der Waals surface area (Å²) in [5, 5.41) is 2.93. The van der Waals surface area contributed by atoms with Crippen LogP contribution in [0.5, 0.6) is 0 Å². The van der Waals surface area contributed by atoms with Gasteiger partial charge in [0, 0.05) is 6.04 Å². The molecule has 0 saturated carbocycles. The minimum atomic E-state index is -0.428. The van der Waals surface area contributed by atoms with Gasteiger partial charge < -0.3 is 10.2 Å². The first-order valence-corrected chi connectivity index (χ1v) is 7.23. The summed E-state index contributed by atoms with van der Waals surface area (Å²) in [6.45, 7) is 14.0. The monoisotopic (exact) mass is 268 g/mol. The van der Waals surface area contributed by atoms with Gasteiger partial charge in [0.1, 0.15) is 12.1 Å². The normalized spacial score (nSPS) is 26.6. The minimum Gasteiger partial charge on any atom is -0.342 e. The van der Waals surface area contributed by atoms with Crippen LogP contribution < -0.4 is 5.32 Å². The molecule has 110 valence electrons. The predicted molar refractivity (Wildman–Crippen MR) is 76.6 cm³/mol. The highest BCUT2D eigenvalue weighted by Gasteiger charge is 2.47. The van der Waals surface area contributed by atoms with Gasteiger partial charge in [0.2, 0.25) is 11.8 Å². The zero-order valence-electron chi connectivity index (χ0n) is 13.3. The molecule has 1 rings (SSSR count).